The molecule has 12 heteroatoms. The number of Topliss-reactive ketones (excluding diaryl/α,β-unsaturated/α-hetero) is 1. The molecule has 2 fully saturated rings. The molecule has 4 rings (SSSR count). The van der Waals surface area contributed by atoms with Gasteiger partial charge < -0.3 is 10.0 Å². The number of alkyl halides is 3. The zero-order valence-electron chi connectivity index (χ0n) is 23.3. The van der Waals surface area contributed by atoms with Crippen LogP contribution in [-0.2, 0) is 11.0 Å². The standard InChI is InChI=1S/C29H34Cl2F3N3O4/c1-17-12-20(30)23(21(31)13-17)22(38)15-36(16-27(2)8-4-5-9-27)25(39)19-14-35-37(24(19)29(32,33)34)18-6-10-28(3,11-7-18)26(40)41/h12-14,18H,4-11,15-16H2,1-3H3,(H,40,41). The molecule has 2 saturated carbocycles. The smallest absolute Gasteiger partial charge is 0.433 e. The zero-order valence-corrected chi connectivity index (χ0v) is 24.8. The number of hydrogen-bond donors (Lipinski definition) is 1. The molecule has 1 aromatic heterocycles. The average Bonchev–Trinajstić information content (AvgIpc) is 3.50. The lowest BCUT2D eigenvalue weighted by molar-refractivity contribution is -0.152. The highest BCUT2D eigenvalue weighted by Gasteiger charge is 2.45. The van der Waals surface area contributed by atoms with E-state index in [1.807, 2.05) is 6.92 Å². The number of rotatable bonds is 8. The van der Waals surface area contributed by atoms with Gasteiger partial charge in [-0.05, 0) is 75.5 Å². The Balaban J connectivity index is 1.69. The van der Waals surface area contributed by atoms with Crippen molar-refractivity contribution in [1.29, 1.82) is 0 Å². The minimum atomic E-state index is -4.91. The number of carbonyl (C=O) groups is 3. The number of aromatic nitrogens is 2. The molecule has 0 saturated heterocycles. The molecule has 1 aromatic carbocycles. The fourth-order valence-corrected chi connectivity index (χ4v) is 7.02. The third-order valence-electron chi connectivity index (χ3n) is 8.69. The van der Waals surface area contributed by atoms with Crippen LogP contribution in [-0.4, -0.2) is 50.5 Å². The topological polar surface area (TPSA) is 92.5 Å². The first kappa shape index (κ1) is 31.3. The van der Waals surface area contributed by atoms with Gasteiger partial charge in [-0.1, -0.05) is 43.0 Å². The first-order valence-corrected chi connectivity index (χ1v) is 14.5. The first-order chi connectivity index (χ1) is 19.0. The largest absolute Gasteiger partial charge is 0.481 e. The number of nitrogens with zero attached hydrogens (tertiary/aromatic N) is 3. The van der Waals surface area contributed by atoms with Crippen LogP contribution in [0.4, 0.5) is 13.2 Å². The Morgan fingerprint density at radius 1 is 1.07 bits per heavy atom. The summed E-state index contributed by atoms with van der Waals surface area (Å²) in [5.41, 5.74) is -2.46. The molecular formula is C29H34Cl2F3N3O4. The van der Waals surface area contributed by atoms with E-state index in [2.05, 4.69) is 5.10 Å². The van der Waals surface area contributed by atoms with E-state index >= 15 is 0 Å². The molecule has 41 heavy (non-hydrogen) atoms. The Morgan fingerprint density at radius 2 is 1.63 bits per heavy atom. The van der Waals surface area contributed by atoms with E-state index in [9.17, 15) is 32.7 Å². The monoisotopic (exact) mass is 615 g/mol. The van der Waals surface area contributed by atoms with Crippen molar-refractivity contribution in [3.05, 3.63) is 50.8 Å². The van der Waals surface area contributed by atoms with Gasteiger partial charge in [-0.3, -0.25) is 19.1 Å². The van der Waals surface area contributed by atoms with Crippen molar-refractivity contribution in [2.24, 2.45) is 10.8 Å². The van der Waals surface area contributed by atoms with Crippen molar-refractivity contribution in [3.63, 3.8) is 0 Å². The number of aliphatic carboxylic acids is 1. The van der Waals surface area contributed by atoms with Crippen molar-refractivity contribution in [2.45, 2.75) is 84.4 Å². The number of aryl methyl sites for hydroxylation is 1. The molecule has 2 aliphatic carbocycles. The highest BCUT2D eigenvalue weighted by atomic mass is 35.5. The van der Waals surface area contributed by atoms with E-state index in [0.717, 1.165) is 42.1 Å². The predicted molar refractivity (Wildman–Crippen MR) is 148 cm³/mol. The highest BCUT2D eigenvalue weighted by Crippen LogP contribution is 2.44. The Morgan fingerprint density at radius 3 is 2.15 bits per heavy atom. The quantitative estimate of drug-likeness (QED) is 0.308. The number of ketones is 1. The summed E-state index contributed by atoms with van der Waals surface area (Å²) in [5.74, 6) is -2.51. The van der Waals surface area contributed by atoms with Crippen molar-refractivity contribution in [1.82, 2.24) is 14.7 Å². The number of amides is 1. The van der Waals surface area contributed by atoms with E-state index in [0.29, 0.717) is 0 Å². The molecule has 1 heterocycles. The second kappa shape index (κ2) is 11.6. The van der Waals surface area contributed by atoms with Gasteiger partial charge in [0.05, 0.1) is 45.4 Å². The Kier molecular flexibility index (Phi) is 8.86. The molecule has 224 valence electrons. The van der Waals surface area contributed by atoms with Crippen LogP contribution >= 0.6 is 23.2 Å². The van der Waals surface area contributed by atoms with Gasteiger partial charge in [0.15, 0.2) is 11.5 Å². The lowest BCUT2D eigenvalue weighted by atomic mass is 9.74. The summed E-state index contributed by atoms with van der Waals surface area (Å²) in [6.45, 7) is 4.89. The second-order valence-electron chi connectivity index (χ2n) is 12.2. The molecule has 0 aliphatic heterocycles. The fraction of sp³-hybridized carbons (Fsp3) is 0.586. The van der Waals surface area contributed by atoms with E-state index < -0.39 is 53.1 Å². The second-order valence-corrected chi connectivity index (χ2v) is 13.0. The SMILES string of the molecule is Cc1cc(Cl)c(C(=O)CN(CC2(C)CCCC2)C(=O)c2cnn(C3CCC(C)(C(=O)O)CC3)c2C(F)(F)F)c(Cl)c1. The number of halogens is 5. The lowest BCUT2D eigenvalue weighted by Gasteiger charge is -2.35. The molecule has 0 bridgehead atoms. The van der Waals surface area contributed by atoms with Crippen molar-refractivity contribution in [3.8, 4) is 0 Å². The predicted octanol–water partition coefficient (Wildman–Crippen LogP) is 7.63. The van der Waals surface area contributed by atoms with Crippen molar-refractivity contribution < 1.29 is 32.7 Å². The van der Waals surface area contributed by atoms with Gasteiger partial charge in [0, 0.05) is 6.54 Å². The fourth-order valence-electron chi connectivity index (χ4n) is 6.21. The number of carboxylic acid groups (broad SMARTS) is 1. The molecule has 1 amide bonds. The maximum absolute atomic E-state index is 14.5. The lowest BCUT2D eigenvalue weighted by Crippen LogP contribution is -2.43. The molecule has 0 spiro atoms. The minimum Gasteiger partial charge on any atom is -0.481 e. The van der Waals surface area contributed by atoms with Gasteiger partial charge in [0.2, 0.25) is 0 Å². The van der Waals surface area contributed by atoms with Gasteiger partial charge in [0.25, 0.3) is 5.91 Å². The number of hydrogen-bond acceptors (Lipinski definition) is 4. The number of carboxylic acids is 1. The summed E-state index contributed by atoms with van der Waals surface area (Å²) < 4.78 is 44.4. The van der Waals surface area contributed by atoms with Gasteiger partial charge in [-0.15, -0.1) is 0 Å². The molecule has 0 atom stereocenters. The van der Waals surface area contributed by atoms with Crippen molar-refractivity contribution in [2.75, 3.05) is 13.1 Å². The average molecular weight is 617 g/mol. The van der Waals surface area contributed by atoms with E-state index in [-0.39, 0.29) is 53.3 Å². The van der Waals surface area contributed by atoms with Gasteiger partial charge >= 0.3 is 12.1 Å². The summed E-state index contributed by atoms with van der Waals surface area (Å²) >= 11 is 12.6. The molecular weight excluding hydrogens is 582 g/mol. The van der Waals surface area contributed by atoms with Crippen LogP contribution in [0.5, 0.6) is 0 Å². The van der Waals surface area contributed by atoms with Crippen LogP contribution in [0.25, 0.3) is 0 Å². The van der Waals surface area contributed by atoms with Crippen molar-refractivity contribution >= 4 is 40.9 Å². The summed E-state index contributed by atoms with van der Waals surface area (Å²) in [5, 5.41) is 13.7. The van der Waals surface area contributed by atoms with Gasteiger partial charge in [-0.25, -0.2) is 0 Å². The highest BCUT2D eigenvalue weighted by molar-refractivity contribution is 6.40. The minimum absolute atomic E-state index is 0.0173. The Bertz CT molecular complexity index is 1320. The van der Waals surface area contributed by atoms with E-state index in [4.69, 9.17) is 23.2 Å². The third-order valence-corrected chi connectivity index (χ3v) is 9.28. The van der Waals surface area contributed by atoms with E-state index in [1.165, 1.54) is 4.90 Å². The number of benzene rings is 1. The van der Waals surface area contributed by atoms with Crippen LogP contribution in [0.2, 0.25) is 10.0 Å². The Hall–Kier alpha value is -2.59. The Labute approximate surface area is 247 Å². The molecule has 7 nitrogen and oxygen atoms in total. The summed E-state index contributed by atoms with van der Waals surface area (Å²) in [6, 6.07) is 2.42. The zero-order chi connectivity index (χ0) is 30.3. The summed E-state index contributed by atoms with van der Waals surface area (Å²) in [7, 11) is 0. The van der Waals surface area contributed by atoms with Crippen LogP contribution in [0.3, 0.4) is 0 Å². The maximum Gasteiger partial charge on any atom is 0.433 e. The molecule has 2 aliphatic rings. The van der Waals surface area contributed by atoms with Gasteiger partial charge in [-0.2, -0.15) is 18.3 Å². The molecule has 1 N–H and O–H groups in total. The van der Waals surface area contributed by atoms with Gasteiger partial charge in [0.1, 0.15) is 0 Å². The van der Waals surface area contributed by atoms with Crippen LogP contribution in [0, 0.1) is 17.8 Å². The molecule has 2 aromatic rings. The van der Waals surface area contributed by atoms with Crippen LogP contribution in [0.1, 0.15) is 103 Å². The molecule has 0 unspecified atom stereocenters. The summed E-state index contributed by atoms with van der Waals surface area (Å²) in [6.07, 6.45) is 0.101. The van der Waals surface area contributed by atoms with Crippen LogP contribution < -0.4 is 0 Å². The van der Waals surface area contributed by atoms with Crippen LogP contribution in [0.15, 0.2) is 18.3 Å². The molecule has 0 radical (unpaired) electrons. The number of carbonyl (C=O) groups excluding carboxylic acids is 2. The van der Waals surface area contributed by atoms with E-state index in [1.54, 1.807) is 26.0 Å². The first-order valence-electron chi connectivity index (χ1n) is 13.7. The summed E-state index contributed by atoms with van der Waals surface area (Å²) in [4.78, 5) is 40.1. The normalized spacial score (nSPS) is 22.5. The maximum atomic E-state index is 14.5. The third kappa shape index (κ3) is 6.58.